The zero-order valence-corrected chi connectivity index (χ0v) is 12.4. The minimum Gasteiger partial charge on any atom is -0.374 e. The van der Waals surface area contributed by atoms with Gasteiger partial charge in [0.15, 0.2) is 0 Å². The maximum atomic E-state index is 12.7. The second-order valence-electron chi connectivity index (χ2n) is 5.62. The number of carbonyl (C=O) groups is 1. The molecule has 1 aromatic rings. The fraction of sp³-hybridized carbons (Fsp3) is 0.667. The lowest BCUT2D eigenvalue weighted by atomic mass is 10.1. The van der Waals surface area contributed by atoms with Crippen LogP contribution >= 0.6 is 0 Å². The highest BCUT2D eigenvalue weighted by Gasteiger charge is 2.39. The number of carbonyl (C=O) groups excluding carboxylic acids is 1. The summed E-state index contributed by atoms with van der Waals surface area (Å²) in [6.45, 7) is 4.18. The zero-order chi connectivity index (χ0) is 14.7. The summed E-state index contributed by atoms with van der Waals surface area (Å²) in [6.07, 6.45) is 7.63. The molecule has 6 heteroatoms. The lowest BCUT2D eigenvalue weighted by Gasteiger charge is -2.37. The smallest absolute Gasteiger partial charge is 0.274 e. The van der Waals surface area contributed by atoms with E-state index in [-0.39, 0.29) is 18.1 Å². The lowest BCUT2D eigenvalue weighted by molar-refractivity contribution is -0.0447. The van der Waals surface area contributed by atoms with Crippen LogP contribution in [0.3, 0.4) is 0 Å². The van der Waals surface area contributed by atoms with E-state index in [0.717, 1.165) is 32.2 Å². The number of amides is 1. The zero-order valence-electron chi connectivity index (χ0n) is 12.4. The molecule has 1 N–H and O–H groups in total. The van der Waals surface area contributed by atoms with Gasteiger partial charge in [0.2, 0.25) is 0 Å². The first kappa shape index (κ1) is 14.3. The normalized spacial score (nSPS) is 24.7. The van der Waals surface area contributed by atoms with E-state index in [9.17, 15) is 4.79 Å². The van der Waals surface area contributed by atoms with Crippen molar-refractivity contribution in [3.8, 4) is 0 Å². The van der Waals surface area contributed by atoms with E-state index < -0.39 is 0 Å². The van der Waals surface area contributed by atoms with E-state index in [2.05, 4.69) is 22.2 Å². The number of nitrogens with one attached hydrogen (secondary N) is 1. The number of morpholine rings is 1. The van der Waals surface area contributed by atoms with Crippen LogP contribution in [0.5, 0.6) is 0 Å². The first-order valence-corrected chi connectivity index (χ1v) is 7.78. The molecule has 2 heterocycles. The fourth-order valence-electron chi connectivity index (χ4n) is 3.13. The van der Waals surface area contributed by atoms with Crippen molar-refractivity contribution in [1.29, 1.82) is 0 Å². The van der Waals surface area contributed by atoms with Crippen LogP contribution in [-0.2, 0) is 4.74 Å². The van der Waals surface area contributed by atoms with Gasteiger partial charge in [0.25, 0.3) is 5.91 Å². The second kappa shape index (κ2) is 6.39. The number of nitrogens with zero attached hydrogens (tertiary/aromatic N) is 3. The van der Waals surface area contributed by atoms with E-state index in [1.807, 2.05) is 4.90 Å². The summed E-state index contributed by atoms with van der Waals surface area (Å²) < 4.78 is 5.75. The number of anilines is 1. The molecule has 6 nitrogen and oxygen atoms in total. The van der Waals surface area contributed by atoms with Crippen LogP contribution in [0, 0.1) is 0 Å². The molecule has 2 atom stereocenters. The average molecular weight is 290 g/mol. The van der Waals surface area contributed by atoms with Gasteiger partial charge in [-0.15, -0.1) is 0 Å². The van der Waals surface area contributed by atoms with Crippen molar-refractivity contribution in [2.75, 3.05) is 25.0 Å². The van der Waals surface area contributed by atoms with Crippen LogP contribution in [0.15, 0.2) is 12.4 Å². The fourth-order valence-corrected chi connectivity index (χ4v) is 3.13. The summed E-state index contributed by atoms with van der Waals surface area (Å²) in [6, 6.07) is 0.209. The van der Waals surface area contributed by atoms with Gasteiger partial charge < -0.3 is 15.0 Å². The minimum atomic E-state index is -0.0251. The summed E-state index contributed by atoms with van der Waals surface area (Å²) in [5.41, 5.74) is 0.420. The quantitative estimate of drug-likeness (QED) is 0.914. The van der Waals surface area contributed by atoms with Gasteiger partial charge >= 0.3 is 0 Å². The van der Waals surface area contributed by atoms with Crippen molar-refractivity contribution >= 4 is 11.7 Å². The van der Waals surface area contributed by atoms with Gasteiger partial charge in [-0.3, -0.25) is 9.78 Å². The van der Waals surface area contributed by atoms with Gasteiger partial charge in [-0.2, -0.15) is 0 Å². The number of rotatable bonds is 4. The third-order valence-corrected chi connectivity index (χ3v) is 4.15. The Balaban J connectivity index is 1.74. The number of ether oxygens (including phenoxy) is 1. The number of aromatic nitrogens is 2. The maximum absolute atomic E-state index is 12.7. The molecule has 1 saturated carbocycles. The van der Waals surface area contributed by atoms with Crippen LogP contribution in [0.1, 0.15) is 43.1 Å². The van der Waals surface area contributed by atoms with Gasteiger partial charge in [0, 0.05) is 13.1 Å². The van der Waals surface area contributed by atoms with Gasteiger partial charge in [-0.1, -0.05) is 6.92 Å². The molecule has 2 unspecified atom stereocenters. The van der Waals surface area contributed by atoms with Crippen molar-refractivity contribution in [3.05, 3.63) is 18.1 Å². The SMILES string of the molecule is CCCNc1cncc(C(=O)N2CCOC3CCCC32)n1. The molecule has 0 spiro atoms. The Bertz CT molecular complexity index is 508. The Kier molecular flexibility index (Phi) is 4.34. The van der Waals surface area contributed by atoms with Crippen molar-refractivity contribution in [3.63, 3.8) is 0 Å². The van der Waals surface area contributed by atoms with Crippen molar-refractivity contribution < 1.29 is 9.53 Å². The highest BCUT2D eigenvalue weighted by Crippen LogP contribution is 2.30. The summed E-state index contributed by atoms with van der Waals surface area (Å²) >= 11 is 0. The van der Waals surface area contributed by atoms with Crippen LogP contribution in [0.25, 0.3) is 0 Å². The molecule has 0 radical (unpaired) electrons. The van der Waals surface area contributed by atoms with Gasteiger partial charge in [0.1, 0.15) is 11.5 Å². The van der Waals surface area contributed by atoms with E-state index in [0.29, 0.717) is 24.7 Å². The summed E-state index contributed by atoms with van der Waals surface area (Å²) in [5, 5.41) is 3.17. The molecule has 21 heavy (non-hydrogen) atoms. The molecule has 1 aliphatic carbocycles. The Morgan fingerprint density at radius 2 is 2.38 bits per heavy atom. The molecule has 2 fully saturated rings. The molecule has 114 valence electrons. The predicted octanol–water partition coefficient (Wildman–Crippen LogP) is 1.69. The molecular formula is C15H22N4O2. The minimum absolute atomic E-state index is 0.0251. The Hall–Kier alpha value is -1.69. The first-order valence-electron chi connectivity index (χ1n) is 7.78. The summed E-state index contributed by atoms with van der Waals surface area (Å²) in [7, 11) is 0. The molecule has 0 aromatic carbocycles. The van der Waals surface area contributed by atoms with Gasteiger partial charge in [0.05, 0.1) is 31.1 Å². The van der Waals surface area contributed by atoms with Crippen LogP contribution in [0.4, 0.5) is 5.82 Å². The number of hydrogen-bond acceptors (Lipinski definition) is 5. The second-order valence-corrected chi connectivity index (χ2v) is 5.62. The van der Waals surface area contributed by atoms with Gasteiger partial charge in [-0.05, 0) is 25.7 Å². The van der Waals surface area contributed by atoms with E-state index >= 15 is 0 Å². The summed E-state index contributed by atoms with van der Waals surface area (Å²) in [4.78, 5) is 23.2. The standard InChI is InChI=1S/C15H22N4O2/c1-2-6-17-14-10-16-9-11(18-14)15(20)19-7-8-21-13-5-3-4-12(13)19/h9-10,12-13H,2-8H2,1H3,(H,17,18). The van der Waals surface area contributed by atoms with E-state index in [4.69, 9.17) is 4.74 Å². The molecule has 1 aromatic heterocycles. The van der Waals surface area contributed by atoms with E-state index in [1.54, 1.807) is 12.4 Å². The lowest BCUT2D eigenvalue weighted by Crippen LogP contribution is -2.51. The van der Waals surface area contributed by atoms with Crippen LogP contribution < -0.4 is 5.32 Å². The van der Waals surface area contributed by atoms with Crippen molar-refractivity contribution in [2.45, 2.75) is 44.8 Å². The third-order valence-electron chi connectivity index (χ3n) is 4.15. The Morgan fingerprint density at radius 1 is 1.48 bits per heavy atom. The molecule has 1 aliphatic heterocycles. The molecule has 2 aliphatic rings. The highest BCUT2D eigenvalue weighted by atomic mass is 16.5. The largest absolute Gasteiger partial charge is 0.374 e. The highest BCUT2D eigenvalue weighted by molar-refractivity contribution is 5.92. The molecular weight excluding hydrogens is 268 g/mol. The molecule has 1 amide bonds. The van der Waals surface area contributed by atoms with Gasteiger partial charge in [-0.25, -0.2) is 4.98 Å². The Morgan fingerprint density at radius 3 is 3.24 bits per heavy atom. The van der Waals surface area contributed by atoms with Crippen LogP contribution in [0.2, 0.25) is 0 Å². The Labute approximate surface area is 124 Å². The molecule has 0 bridgehead atoms. The molecule has 3 rings (SSSR count). The average Bonchev–Trinajstić information content (AvgIpc) is 3.01. The first-order chi connectivity index (χ1) is 10.3. The third kappa shape index (κ3) is 3.00. The summed E-state index contributed by atoms with van der Waals surface area (Å²) in [5.74, 6) is 0.641. The maximum Gasteiger partial charge on any atom is 0.274 e. The van der Waals surface area contributed by atoms with Crippen molar-refractivity contribution in [1.82, 2.24) is 14.9 Å². The predicted molar refractivity (Wildman–Crippen MR) is 79.2 cm³/mol. The number of hydrogen-bond donors (Lipinski definition) is 1. The monoisotopic (exact) mass is 290 g/mol. The molecule has 1 saturated heterocycles. The van der Waals surface area contributed by atoms with Crippen molar-refractivity contribution in [2.24, 2.45) is 0 Å². The van der Waals surface area contributed by atoms with E-state index in [1.165, 1.54) is 0 Å². The van der Waals surface area contributed by atoms with Crippen LogP contribution in [-0.4, -0.2) is 52.6 Å². The topological polar surface area (TPSA) is 67.4 Å². The number of fused-ring (bicyclic) bond motifs is 1.